The van der Waals surface area contributed by atoms with E-state index in [4.69, 9.17) is 0 Å². The van der Waals surface area contributed by atoms with Crippen LogP contribution in [0, 0.1) is 6.92 Å². The molecular formula is C26H29N5O2. The van der Waals surface area contributed by atoms with E-state index in [1.165, 1.54) is 33.1 Å². The maximum atomic E-state index is 12.9. The number of carbonyl (C=O) groups excluding carboxylic acids is 2. The number of amides is 2. The standard InChI is InChI=1S/C26H29N5O2/c1-20-16-22(21-6-3-2-4-7-21)8-9-23(20)18-28-12-14-30(15-13-28)26(33)31-19-24(17-27-31)25(32)29-10-5-11-29/h2-4,6-9,16-17,19H,5,10-15,18H2,1H3. The Morgan fingerprint density at radius 3 is 2.30 bits per heavy atom. The van der Waals surface area contributed by atoms with Gasteiger partial charge in [-0.15, -0.1) is 0 Å². The molecule has 2 amide bonds. The third kappa shape index (κ3) is 4.54. The Morgan fingerprint density at radius 1 is 0.879 bits per heavy atom. The van der Waals surface area contributed by atoms with Crippen LogP contribution in [0.5, 0.6) is 0 Å². The quantitative estimate of drug-likeness (QED) is 0.619. The molecule has 7 nitrogen and oxygen atoms in total. The van der Waals surface area contributed by atoms with E-state index in [0.29, 0.717) is 18.7 Å². The number of hydrogen-bond acceptors (Lipinski definition) is 4. The maximum absolute atomic E-state index is 12.9. The van der Waals surface area contributed by atoms with Crippen LogP contribution in [-0.4, -0.2) is 75.7 Å². The van der Waals surface area contributed by atoms with Crippen molar-refractivity contribution in [3.8, 4) is 11.1 Å². The smallest absolute Gasteiger partial charge is 0.338 e. The van der Waals surface area contributed by atoms with Crippen LogP contribution in [0.2, 0.25) is 0 Å². The van der Waals surface area contributed by atoms with E-state index < -0.39 is 0 Å². The van der Waals surface area contributed by atoms with Crippen LogP contribution < -0.4 is 0 Å². The molecule has 0 bridgehead atoms. The number of aromatic nitrogens is 2. The summed E-state index contributed by atoms with van der Waals surface area (Å²) in [6, 6.07) is 16.9. The second-order valence-electron chi connectivity index (χ2n) is 8.87. The van der Waals surface area contributed by atoms with Gasteiger partial charge in [0, 0.05) is 52.0 Å². The summed E-state index contributed by atoms with van der Waals surface area (Å²) in [7, 11) is 0. The molecular weight excluding hydrogens is 414 g/mol. The van der Waals surface area contributed by atoms with E-state index in [-0.39, 0.29) is 11.9 Å². The lowest BCUT2D eigenvalue weighted by Crippen LogP contribution is -2.49. The first-order valence-electron chi connectivity index (χ1n) is 11.6. The summed E-state index contributed by atoms with van der Waals surface area (Å²) in [6.07, 6.45) is 4.10. The molecule has 170 valence electrons. The zero-order chi connectivity index (χ0) is 22.8. The SMILES string of the molecule is Cc1cc(-c2ccccc2)ccc1CN1CCN(C(=O)n2cc(C(=O)N3CCC3)cn2)CC1. The van der Waals surface area contributed by atoms with Crippen LogP contribution in [0.3, 0.4) is 0 Å². The molecule has 0 spiro atoms. The summed E-state index contributed by atoms with van der Waals surface area (Å²) >= 11 is 0. The lowest BCUT2D eigenvalue weighted by molar-refractivity contribution is 0.0652. The Labute approximate surface area is 194 Å². The average molecular weight is 444 g/mol. The molecule has 3 heterocycles. The zero-order valence-corrected chi connectivity index (χ0v) is 19.0. The lowest BCUT2D eigenvalue weighted by atomic mass is 9.99. The minimum Gasteiger partial charge on any atom is -0.338 e. The highest BCUT2D eigenvalue weighted by Crippen LogP contribution is 2.23. The van der Waals surface area contributed by atoms with Crippen molar-refractivity contribution in [1.82, 2.24) is 24.5 Å². The fraction of sp³-hybridized carbons (Fsp3) is 0.346. The normalized spacial score (nSPS) is 16.5. The minimum atomic E-state index is -0.166. The first-order valence-corrected chi connectivity index (χ1v) is 11.6. The number of carbonyl (C=O) groups is 2. The van der Waals surface area contributed by atoms with Crippen molar-refractivity contribution in [2.24, 2.45) is 0 Å². The van der Waals surface area contributed by atoms with Gasteiger partial charge < -0.3 is 9.80 Å². The molecule has 1 aromatic heterocycles. The van der Waals surface area contributed by atoms with Gasteiger partial charge in [0.2, 0.25) is 0 Å². The van der Waals surface area contributed by atoms with Gasteiger partial charge in [0.05, 0.1) is 11.8 Å². The van der Waals surface area contributed by atoms with Gasteiger partial charge in [0.1, 0.15) is 0 Å². The highest BCUT2D eigenvalue weighted by molar-refractivity contribution is 5.95. The molecule has 2 fully saturated rings. The molecule has 33 heavy (non-hydrogen) atoms. The van der Waals surface area contributed by atoms with Crippen molar-refractivity contribution >= 4 is 11.9 Å². The lowest BCUT2D eigenvalue weighted by Gasteiger charge is -2.34. The fourth-order valence-corrected chi connectivity index (χ4v) is 4.41. The highest BCUT2D eigenvalue weighted by Gasteiger charge is 2.26. The number of aryl methyl sites for hydroxylation is 1. The third-order valence-corrected chi connectivity index (χ3v) is 6.66. The predicted molar refractivity (Wildman–Crippen MR) is 127 cm³/mol. The van der Waals surface area contributed by atoms with Crippen molar-refractivity contribution in [2.45, 2.75) is 19.9 Å². The summed E-state index contributed by atoms with van der Waals surface area (Å²) in [4.78, 5) is 31.2. The Balaban J connectivity index is 1.16. The van der Waals surface area contributed by atoms with Crippen molar-refractivity contribution in [3.05, 3.63) is 77.6 Å². The molecule has 0 saturated carbocycles. The number of nitrogens with zero attached hydrogens (tertiary/aromatic N) is 5. The number of benzene rings is 2. The average Bonchev–Trinajstić information content (AvgIpc) is 3.30. The Bertz CT molecular complexity index is 1140. The fourth-order valence-electron chi connectivity index (χ4n) is 4.41. The van der Waals surface area contributed by atoms with Crippen LogP contribution in [0.25, 0.3) is 11.1 Å². The molecule has 2 aliphatic rings. The van der Waals surface area contributed by atoms with E-state index in [2.05, 4.69) is 59.4 Å². The summed E-state index contributed by atoms with van der Waals surface area (Å²) in [5.41, 5.74) is 5.55. The second kappa shape index (κ2) is 9.19. The van der Waals surface area contributed by atoms with Crippen molar-refractivity contribution in [2.75, 3.05) is 39.3 Å². The van der Waals surface area contributed by atoms with E-state index in [9.17, 15) is 9.59 Å². The molecule has 0 radical (unpaired) electrons. The van der Waals surface area contributed by atoms with Crippen LogP contribution in [0.15, 0.2) is 60.9 Å². The van der Waals surface area contributed by atoms with E-state index in [1.807, 2.05) is 11.0 Å². The Hall–Kier alpha value is -3.45. The molecule has 5 rings (SSSR count). The van der Waals surface area contributed by atoms with Crippen molar-refractivity contribution in [3.63, 3.8) is 0 Å². The van der Waals surface area contributed by atoms with Gasteiger partial charge in [-0.1, -0.05) is 48.5 Å². The molecule has 2 saturated heterocycles. The number of rotatable bonds is 4. The summed E-state index contributed by atoms with van der Waals surface area (Å²) in [5.74, 6) is -0.0428. The topological polar surface area (TPSA) is 61.7 Å². The van der Waals surface area contributed by atoms with Gasteiger partial charge >= 0.3 is 6.03 Å². The summed E-state index contributed by atoms with van der Waals surface area (Å²) in [6.45, 7) is 7.53. The van der Waals surface area contributed by atoms with E-state index in [1.54, 1.807) is 11.1 Å². The van der Waals surface area contributed by atoms with Crippen LogP contribution in [0.1, 0.15) is 27.9 Å². The Kier molecular flexibility index (Phi) is 5.96. The molecule has 0 atom stereocenters. The molecule has 0 N–H and O–H groups in total. The molecule has 7 heteroatoms. The Morgan fingerprint density at radius 2 is 1.64 bits per heavy atom. The minimum absolute atomic E-state index is 0.0428. The van der Waals surface area contributed by atoms with Gasteiger partial charge in [0.15, 0.2) is 0 Å². The highest BCUT2D eigenvalue weighted by atomic mass is 16.2. The van der Waals surface area contributed by atoms with Crippen molar-refractivity contribution in [1.29, 1.82) is 0 Å². The van der Waals surface area contributed by atoms with Gasteiger partial charge in [-0.2, -0.15) is 9.78 Å². The zero-order valence-electron chi connectivity index (χ0n) is 19.0. The molecule has 2 aromatic carbocycles. The van der Waals surface area contributed by atoms with Crippen molar-refractivity contribution < 1.29 is 9.59 Å². The van der Waals surface area contributed by atoms with Gasteiger partial charge in [-0.25, -0.2) is 4.79 Å². The molecule has 2 aliphatic heterocycles. The second-order valence-corrected chi connectivity index (χ2v) is 8.87. The number of likely N-dealkylation sites (tertiary alicyclic amines) is 1. The van der Waals surface area contributed by atoms with Crippen LogP contribution in [-0.2, 0) is 6.54 Å². The monoisotopic (exact) mass is 443 g/mol. The summed E-state index contributed by atoms with van der Waals surface area (Å²) in [5, 5.41) is 4.15. The van der Waals surface area contributed by atoms with Crippen LogP contribution >= 0.6 is 0 Å². The molecule has 3 aromatic rings. The van der Waals surface area contributed by atoms with Crippen LogP contribution in [0.4, 0.5) is 4.79 Å². The number of piperazine rings is 1. The first kappa shape index (κ1) is 21.4. The van der Waals surface area contributed by atoms with Gasteiger partial charge in [-0.3, -0.25) is 9.69 Å². The largest absolute Gasteiger partial charge is 0.344 e. The molecule has 0 unspecified atom stereocenters. The van der Waals surface area contributed by atoms with Gasteiger partial charge in [-0.05, 0) is 35.6 Å². The predicted octanol–water partition coefficient (Wildman–Crippen LogP) is 3.49. The van der Waals surface area contributed by atoms with E-state index in [0.717, 1.165) is 39.1 Å². The summed E-state index contributed by atoms with van der Waals surface area (Å²) < 4.78 is 1.30. The third-order valence-electron chi connectivity index (χ3n) is 6.66. The molecule has 0 aliphatic carbocycles. The van der Waals surface area contributed by atoms with Gasteiger partial charge in [0.25, 0.3) is 5.91 Å². The van der Waals surface area contributed by atoms with E-state index >= 15 is 0 Å². The maximum Gasteiger partial charge on any atom is 0.344 e. The number of hydrogen-bond donors (Lipinski definition) is 0. The first-order chi connectivity index (χ1) is 16.1.